The van der Waals surface area contributed by atoms with E-state index in [4.69, 9.17) is 21.1 Å². The molecule has 166 valence electrons. The summed E-state index contributed by atoms with van der Waals surface area (Å²) in [4.78, 5) is 21.3. The fraction of sp³-hybridized carbons (Fsp3) is 0.864. The molecule has 2 atom stereocenters. The molecule has 4 aliphatic rings. The number of hydrogen-bond acceptors (Lipinski definition) is 6. The molecular formula is C22H34ClN5O2. The lowest BCUT2D eigenvalue weighted by Gasteiger charge is -2.45. The van der Waals surface area contributed by atoms with Crippen LogP contribution in [0.2, 0.25) is 0 Å². The number of carbonyl (C=O) groups is 1. The number of anilines is 1. The number of piperazine rings is 1. The van der Waals surface area contributed by atoms with Gasteiger partial charge in [-0.3, -0.25) is 4.79 Å². The Labute approximate surface area is 183 Å². The van der Waals surface area contributed by atoms with Gasteiger partial charge in [-0.2, -0.15) is 4.98 Å². The normalized spacial score (nSPS) is 30.2. The summed E-state index contributed by atoms with van der Waals surface area (Å²) >= 11 is 6.52. The minimum atomic E-state index is -0.0432. The lowest BCUT2D eigenvalue weighted by atomic mass is 9.64. The Morgan fingerprint density at radius 2 is 1.77 bits per heavy atom. The third-order valence-electron chi connectivity index (χ3n) is 7.74. The highest BCUT2D eigenvalue weighted by molar-refractivity contribution is 6.20. The Balaban J connectivity index is 1.28. The fourth-order valence-electron chi connectivity index (χ4n) is 5.69. The Hall–Kier alpha value is -1.34. The van der Waals surface area contributed by atoms with Crippen molar-refractivity contribution in [1.29, 1.82) is 0 Å². The van der Waals surface area contributed by atoms with Crippen molar-refractivity contribution in [2.24, 2.45) is 11.3 Å². The first-order valence-corrected chi connectivity index (χ1v) is 12.3. The van der Waals surface area contributed by atoms with Crippen LogP contribution in [0, 0.1) is 11.3 Å². The van der Waals surface area contributed by atoms with Crippen LogP contribution in [0.3, 0.4) is 0 Å². The van der Waals surface area contributed by atoms with Gasteiger partial charge >= 0.3 is 0 Å². The second kappa shape index (κ2) is 8.65. The van der Waals surface area contributed by atoms with Crippen LogP contribution in [0.5, 0.6) is 0 Å². The summed E-state index contributed by atoms with van der Waals surface area (Å²) < 4.78 is 5.86. The molecular weight excluding hydrogens is 402 g/mol. The van der Waals surface area contributed by atoms with Gasteiger partial charge < -0.3 is 19.6 Å². The topological polar surface area (TPSA) is 74.5 Å². The van der Waals surface area contributed by atoms with Gasteiger partial charge in [0.05, 0.1) is 5.50 Å². The first kappa shape index (κ1) is 20.6. The number of aromatic nitrogens is 2. The molecule has 5 rings (SSSR count). The van der Waals surface area contributed by atoms with Crippen molar-refractivity contribution >= 4 is 23.5 Å². The van der Waals surface area contributed by atoms with Gasteiger partial charge in [0.2, 0.25) is 11.8 Å². The summed E-state index contributed by atoms with van der Waals surface area (Å²) in [6.45, 7) is 3.98. The zero-order valence-electron chi connectivity index (χ0n) is 17.8. The van der Waals surface area contributed by atoms with Crippen LogP contribution in [0.25, 0.3) is 0 Å². The molecule has 0 radical (unpaired) electrons. The van der Waals surface area contributed by atoms with E-state index in [0.29, 0.717) is 11.9 Å². The van der Waals surface area contributed by atoms with Crippen molar-refractivity contribution in [1.82, 2.24) is 20.4 Å². The Morgan fingerprint density at radius 1 is 1.07 bits per heavy atom. The SMILES string of the molecule is O=C(C1CC1)N1CCN(c2noc(C3CC(Cl)NCC34CCCCCCC4)n2)CC1. The molecule has 2 aliphatic carbocycles. The van der Waals surface area contributed by atoms with E-state index in [1.54, 1.807) is 0 Å². The molecule has 0 bridgehead atoms. The van der Waals surface area contributed by atoms with Crippen molar-refractivity contribution in [3.63, 3.8) is 0 Å². The predicted molar refractivity (Wildman–Crippen MR) is 116 cm³/mol. The van der Waals surface area contributed by atoms with Gasteiger partial charge in [0.25, 0.3) is 5.95 Å². The van der Waals surface area contributed by atoms with Crippen LogP contribution in [-0.2, 0) is 4.79 Å². The number of amides is 1. The average molecular weight is 436 g/mol. The third kappa shape index (κ3) is 4.20. The number of hydrogen-bond donors (Lipinski definition) is 1. The maximum atomic E-state index is 12.3. The average Bonchev–Trinajstić information content (AvgIpc) is 3.48. The van der Waals surface area contributed by atoms with Gasteiger partial charge in [0, 0.05) is 44.6 Å². The number of halogens is 1. The predicted octanol–water partition coefficient (Wildman–Crippen LogP) is 3.50. The number of carbonyl (C=O) groups excluding carboxylic acids is 1. The van der Waals surface area contributed by atoms with Gasteiger partial charge in [-0.15, -0.1) is 11.6 Å². The van der Waals surface area contributed by atoms with E-state index < -0.39 is 0 Å². The van der Waals surface area contributed by atoms with Crippen molar-refractivity contribution in [3.05, 3.63) is 5.89 Å². The molecule has 1 aromatic rings. The van der Waals surface area contributed by atoms with Gasteiger partial charge in [-0.1, -0.05) is 32.1 Å². The van der Waals surface area contributed by atoms with Gasteiger partial charge in [0.1, 0.15) is 0 Å². The molecule has 30 heavy (non-hydrogen) atoms. The van der Waals surface area contributed by atoms with Crippen LogP contribution in [0.1, 0.15) is 76.0 Å². The highest BCUT2D eigenvalue weighted by atomic mass is 35.5. The van der Waals surface area contributed by atoms with Crippen molar-refractivity contribution < 1.29 is 9.32 Å². The number of piperidine rings is 1. The van der Waals surface area contributed by atoms with E-state index in [9.17, 15) is 4.79 Å². The highest BCUT2D eigenvalue weighted by Crippen LogP contribution is 2.50. The summed E-state index contributed by atoms with van der Waals surface area (Å²) in [6, 6.07) is 0. The molecule has 7 nitrogen and oxygen atoms in total. The molecule has 1 N–H and O–H groups in total. The molecule has 8 heteroatoms. The molecule has 4 fully saturated rings. The van der Waals surface area contributed by atoms with E-state index in [-0.39, 0.29) is 22.8 Å². The zero-order chi connectivity index (χ0) is 20.6. The number of nitrogens with one attached hydrogen (secondary N) is 1. The minimum absolute atomic E-state index is 0.0432. The molecule has 2 aliphatic heterocycles. The maximum absolute atomic E-state index is 12.3. The number of alkyl halides is 1. The Morgan fingerprint density at radius 3 is 2.47 bits per heavy atom. The monoisotopic (exact) mass is 435 g/mol. The van der Waals surface area contributed by atoms with Crippen molar-refractivity contribution in [2.75, 3.05) is 37.6 Å². The van der Waals surface area contributed by atoms with Crippen LogP contribution in [0.15, 0.2) is 4.52 Å². The summed E-state index contributed by atoms with van der Waals surface area (Å²) in [5, 5.41) is 7.87. The lowest BCUT2D eigenvalue weighted by molar-refractivity contribution is -0.132. The maximum Gasteiger partial charge on any atom is 0.266 e. The van der Waals surface area contributed by atoms with Crippen molar-refractivity contribution in [3.8, 4) is 0 Å². The van der Waals surface area contributed by atoms with Crippen molar-refractivity contribution in [2.45, 2.75) is 75.6 Å². The Kier molecular flexibility index (Phi) is 5.93. The zero-order valence-corrected chi connectivity index (χ0v) is 18.6. The van der Waals surface area contributed by atoms with Crippen LogP contribution >= 0.6 is 11.6 Å². The largest absolute Gasteiger partial charge is 0.339 e. The molecule has 2 saturated heterocycles. The molecule has 2 unspecified atom stereocenters. The van der Waals surface area contributed by atoms with Gasteiger partial charge in [-0.25, -0.2) is 0 Å². The van der Waals surface area contributed by atoms with Crippen LogP contribution in [-0.4, -0.2) is 59.2 Å². The molecule has 3 heterocycles. The lowest BCUT2D eigenvalue weighted by Crippen LogP contribution is -2.50. The molecule has 1 aromatic heterocycles. The number of rotatable bonds is 3. The number of nitrogens with zero attached hydrogens (tertiary/aromatic N) is 4. The van der Waals surface area contributed by atoms with E-state index >= 15 is 0 Å². The second-order valence-corrected chi connectivity index (χ2v) is 10.3. The first-order chi connectivity index (χ1) is 14.6. The van der Waals surface area contributed by atoms with E-state index in [1.807, 2.05) is 4.90 Å². The van der Waals surface area contributed by atoms with E-state index in [0.717, 1.165) is 57.9 Å². The minimum Gasteiger partial charge on any atom is -0.339 e. The summed E-state index contributed by atoms with van der Waals surface area (Å²) in [5.41, 5.74) is 0.128. The fourth-order valence-corrected chi connectivity index (χ4v) is 5.94. The summed E-state index contributed by atoms with van der Waals surface area (Å²) in [7, 11) is 0. The van der Waals surface area contributed by atoms with Crippen LogP contribution < -0.4 is 10.2 Å². The highest BCUT2D eigenvalue weighted by Gasteiger charge is 2.46. The molecule has 1 amide bonds. The van der Waals surface area contributed by atoms with Gasteiger partial charge in [0.15, 0.2) is 0 Å². The summed E-state index contributed by atoms with van der Waals surface area (Å²) in [6.07, 6.45) is 11.9. The smallest absolute Gasteiger partial charge is 0.266 e. The van der Waals surface area contributed by atoms with Crippen LogP contribution in [0.4, 0.5) is 5.95 Å². The summed E-state index contributed by atoms with van der Waals surface area (Å²) in [5.74, 6) is 2.27. The third-order valence-corrected chi connectivity index (χ3v) is 8.07. The molecule has 0 aromatic carbocycles. The second-order valence-electron chi connectivity index (χ2n) is 9.79. The van der Waals surface area contributed by atoms with E-state index in [1.165, 1.54) is 44.9 Å². The molecule has 2 saturated carbocycles. The standard InChI is InChI=1S/C22H34ClN5O2/c23-18-14-17(22(15-24-18)8-4-2-1-3-5-9-22)19-25-21(26-30-19)28-12-10-27(11-13-28)20(29)16-6-7-16/h16-18,24H,1-15H2. The van der Waals surface area contributed by atoms with E-state index in [2.05, 4.69) is 15.4 Å². The first-order valence-electron chi connectivity index (χ1n) is 11.9. The molecule has 1 spiro atoms. The quantitative estimate of drug-likeness (QED) is 0.578. The van der Waals surface area contributed by atoms with Gasteiger partial charge in [-0.05, 0) is 42.7 Å². The Bertz CT molecular complexity index is 730.